The Morgan fingerprint density at radius 3 is 2.78 bits per heavy atom. The third-order valence-electron chi connectivity index (χ3n) is 0.742. The van der Waals surface area contributed by atoms with Gasteiger partial charge >= 0.3 is 0 Å². The standard InChI is InChI=1S/C4H3BrCl2N2/c5-4(7)1-2-8-3(6)9-4/h1-2H,(H,8,9). The number of nitrogens with one attached hydrogen (secondary N) is 1. The van der Waals surface area contributed by atoms with E-state index >= 15 is 0 Å². The molecule has 1 aliphatic rings. The van der Waals surface area contributed by atoms with E-state index in [0.717, 1.165) is 0 Å². The fourth-order valence-corrected chi connectivity index (χ4v) is 1.23. The summed E-state index contributed by atoms with van der Waals surface area (Å²) in [6, 6.07) is 0. The molecule has 5 heteroatoms. The van der Waals surface area contributed by atoms with Crippen molar-refractivity contribution < 1.29 is 0 Å². The molecule has 0 spiro atoms. The number of aliphatic imine (C=N–C) groups is 1. The molecule has 2 nitrogen and oxygen atoms in total. The van der Waals surface area contributed by atoms with Crippen molar-refractivity contribution in [1.82, 2.24) is 5.32 Å². The van der Waals surface area contributed by atoms with Crippen LogP contribution in [0.5, 0.6) is 0 Å². The lowest BCUT2D eigenvalue weighted by atomic mass is 10.5. The van der Waals surface area contributed by atoms with Crippen LogP contribution in [0.15, 0.2) is 17.3 Å². The van der Waals surface area contributed by atoms with E-state index < -0.39 is 3.91 Å². The fraction of sp³-hybridized carbons (Fsp3) is 0.250. The highest BCUT2D eigenvalue weighted by molar-refractivity contribution is 9.10. The van der Waals surface area contributed by atoms with Crippen LogP contribution in [0.3, 0.4) is 0 Å². The number of rotatable bonds is 0. The van der Waals surface area contributed by atoms with Crippen molar-refractivity contribution in [3.63, 3.8) is 0 Å². The van der Waals surface area contributed by atoms with E-state index in [0.29, 0.717) is 0 Å². The van der Waals surface area contributed by atoms with Gasteiger partial charge in [-0.3, -0.25) is 0 Å². The van der Waals surface area contributed by atoms with Gasteiger partial charge in [0.25, 0.3) is 0 Å². The van der Waals surface area contributed by atoms with Gasteiger partial charge in [-0.05, 0) is 33.6 Å². The molecule has 0 aromatic carbocycles. The van der Waals surface area contributed by atoms with Crippen LogP contribution in [-0.2, 0) is 0 Å². The molecule has 1 heterocycles. The Morgan fingerprint density at radius 2 is 2.44 bits per heavy atom. The van der Waals surface area contributed by atoms with Crippen LogP contribution in [0.2, 0.25) is 0 Å². The highest BCUT2D eigenvalue weighted by Gasteiger charge is 2.21. The van der Waals surface area contributed by atoms with Gasteiger partial charge in [0.1, 0.15) is 0 Å². The zero-order chi connectivity index (χ0) is 6.91. The highest BCUT2D eigenvalue weighted by Crippen LogP contribution is 2.23. The lowest BCUT2D eigenvalue weighted by Crippen LogP contribution is -2.36. The monoisotopic (exact) mass is 228 g/mol. The molecule has 1 atom stereocenters. The zero-order valence-corrected chi connectivity index (χ0v) is 7.33. The Labute approximate surface area is 71.1 Å². The molecular formula is C4H3BrCl2N2. The van der Waals surface area contributed by atoms with E-state index in [1.807, 2.05) is 0 Å². The van der Waals surface area contributed by atoms with Gasteiger partial charge in [0.2, 0.25) is 0 Å². The van der Waals surface area contributed by atoms with Crippen molar-refractivity contribution in [3.8, 4) is 0 Å². The number of amidine groups is 1. The third kappa shape index (κ3) is 2.16. The molecule has 1 unspecified atom stereocenters. The summed E-state index contributed by atoms with van der Waals surface area (Å²) in [5.74, 6) is 0. The zero-order valence-electron chi connectivity index (χ0n) is 4.24. The molecule has 1 N–H and O–H groups in total. The van der Waals surface area contributed by atoms with Gasteiger partial charge in [-0.1, -0.05) is 11.6 Å². The van der Waals surface area contributed by atoms with Crippen LogP contribution >= 0.6 is 39.1 Å². The highest BCUT2D eigenvalue weighted by atomic mass is 79.9. The second-order valence-electron chi connectivity index (χ2n) is 1.48. The first-order chi connectivity index (χ1) is 4.10. The SMILES string of the molecule is ClC1=NC=CC(Cl)(Br)N1. The molecule has 0 radical (unpaired) electrons. The molecule has 0 fully saturated rings. The summed E-state index contributed by atoms with van der Waals surface area (Å²) in [5.41, 5.74) is 0. The quantitative estimate of drug-likeness (QED) is 0.499. The average molecular weight is 230 g/mol. The van der Waals surface area contributed by atoms with Crippen LogP contribution in [-0.4, -0.2) is 9.20 Å². The molecule has 0 bridgehead atoms. The van der Waals surface area contributed by atoms with Crippen molar-refractivity contribution in [2.45, 2.75) is 3.91 Å². The Kier molecular flexibility index (Phi) is 2.03. The average Bonchev–Trinajstić information content (AvgIpc) is 1.60. The largest absolute Gasteiger partial charge is 0.330 e. The summed E-state index contributed by atoms with van der Waals surface area (Å²) in [4.78, 5) is 3.70. The maximum Gasteiger partial charge on any atom is 0.198 e. The van der Waals surface area contributed by atoms with E-state index in [9.17, 15) is 0 Å². The molecule has 0 saturated carbocycles. The number of halogens is 3. The predicted molar refractivity (Wildman–Crippen MR) is 43.1 cm³/mol. The van der Waals surface area contributed by atoms with Gasteiger partial charge in [0.05, 0.1) is 0 Å². The number of hydrogen-bond acceptors (Lipinski definition) is 2. The molecule has 0 aromatic rings. The molecule has 50 valence electrons. The number of hydrogen-bond donors (Lipinski definition) is 1. The molecule has 0 aliphatic carbocycles. The van der Waals surface area contributed by atoms with Crippen LogP contribution in [0.4, 0.5) is 0 Å². The molecule has 0 amide bonds. The van der Waals surface area contributed by atoms with Gasteiger partial charge in [-0.15, -0.1) is 0 Å². The molecule has 1 aliphatic heterocycles. The van der Waals surface area contributed by atoms with Crippen LogP contribution < -0.4 is 5.32 Å². The minimum Gasteiger partial charge on any atom is -0.330 e. The van der Waals surface area contributed by atoms with E-state index in [1.54, 1.807) is 6.08 Å². The maximum absolute atomic E-state index is 5.72. The summed E-state index contributed by atoms with van der Waals surface area (Å²) in [5, 5.41) is 2.95. The molecule has 1 rings (SSSR count). The van der Waals surface area contributed by atoms with Crippen LogP contribution in [0, 0.1) is 0 Å². The molecular weight excluding hydrogens is 227 g/mol. The van der Waals surface area contributed by atoms with E-state index in [4.69, 9.17) is 23.2 Å². The van der Waals surface area contributed by atoms with Crippen molar-refractivity contribution in [2.75, 3.05) is 0 Å². The normalized spacial score (nSPS) is 33.4. The van der Waals surface area contributed by atoms with Gasteiger partial charge in [-0.25, -0.2) is 4.99 Å². The number of alkyl halides is 2. The first-order valence-corrected chi connectivity index (χ1v) is 3.72. The summed E-state index contributed by atoms with van der Waals surface area (Å²) >= 11 is 14.3. The topological polar surface area (TPSA) is 24.4 Å². The van der Waals surface area contributed by atoms with Crippen molar-refractivity contribution >= 4 is 44.4 Å². The third-order valence-corrected chi connectivity index (χ3v) is 1.62. The van der Waals surface area contributed by atoms with Crippen LogP contribution in [0.25, 0.3) is 0 Å². The summed E-state index contributed by atoms with van der Waals surface area (Å²) in [7, 11) is 0. The molecule has 0 aromatic heterocycles. The van der Waals surface area contributed by atoms with Crippen molar-refractivity contribution in [2.24, 2.45) is 4.99 Å². The summed E-state index contributed by atoms with van der Waals surface area (Å²) in [6.07, 6.45) is 3.17. The smallest absolute Gasteiger partial charge is 0.198 e. The Bertz CT molecular complexity index is 175. The Balaban J connectivity index is 2.73. The van der Waals surface area contributed by atoms with Crippen LogP contribution in [0.1, 0.15) is 0 Å². The van der Waals surface area contributed by atoms with Gasteiger partial charge in [0, 0.05) is 6.20 Å². The Morgan fingerprint density at radius 1 is 1.78 bits per heavy atom. The minimum atomic E-state index is -0.758. The maximum atomic E-state index is 5.72. The van der Waals surface area contributed by atoms with Gasteiger partial charge in [0.15, 0.2) is 9.20 Å². The van der Waals surface area contributed by atoms with Crippen molar-refractivity contribution in [1.29, 1.82) is 0 Å². The van der Waals surface area contributed by atoms with E-state index in [-0.39, 0.29) is 5.29 Å². The second-order valence-corrected chi connectivity index (χ2v) is 4.15. The number of nitrogens with zero attached hydrogens (tertiary/aromatic N) is 1. The lowest BCUT2D eigenvalue weighted by Gasteiger charge is -2.19. The molecule has 9 heavy (non-hydrogen) atoms. The lowest BCUT2D eigenvalue weighted by molar-refractivity contribution is 0.909. The summed E-state index contributed by atoms with van der Waals surface area (Å²) < 4.78 is -0.758. The first kappa shape index (κ1) is 7.38. The molecule has 0 saturated heterocycles. The predicted octanol–water partition coefficient (Wildman–Crippen LogP) is 1.99. The summed E-state index contributed by atoms with van der Waals surface area (Å²) in [6.45, 7) is 0. The first-order valence-electron chi connectivity index (χ1n) is 2.17. The Hall–Kier alpha value is 0.270. The van der Waals surface area contributed by atoms with Gasteiger partial charge in [-0.2, -0.15) is 0 Å². The van der Waals surface area contributed by atoms with E-state index in [2.05, 4.69) is 26.2 Å². The second kappa shape index (κ2) is 2.48. The fourth-order valence-electron chi connectivity index (χ4n) is 0.408. The van der Waals surface area contributed by atoms with Gasteiger partial charge < -0.3 is 5.32 Å². The van der Waals surface area contributed by atoms with Crippen molar-refractivity contribution in [3.05, 3.63) is 12.3 Å². The minimum absolute atomic E-state index is 0.282. The van der Waals surface area contributed by atoms with E-state index in [1.165, 1.54) is 6.20 Å².